The summed E-state index contributed by atoms with van der Waals surface area (Å²) < 4.78 is -1.40. The topological polar surface area (TPSA) is 186 Å². The predicted octanol–water partition coefficient (Wildman–Crippen LogP) is 1.61. The van der Waals surface area contributed by atoms with Crippen LogP contribution in [0.4, 0.5) is 0 Å². The molecule has 0 radical (unpaired) electrons. The van der Waals surface area contributed by atoms with Crippen molar-refractivity contribution in [2.45, 2.75) is 6.04 Å². The first kappa shape index (κ1) is 17.9. The van der Waals surface area contributed by atoms with Gasteiger partial charge in [0.05, 0.1) is 34.9 Å². The highest BCUT2D eigenvalue weighted by molar-refractivity contribution is 6.01. The normalized spacial score (nSPS) is 19.4. The van der Waals surface area contributed by atoms with Crippen molar-refractivity contribution in [3.05, 3.63) is 57.8 Å². The Morgan fingerprint density at radius 1 is 0.900 bits per heavy atom. The Morgan fingerprint density at radius 3 is 2.27 bits per heavy atom. The molecule has 0 N–H and O–H groups in total. The molecule has 0 aromatic heterocycles. The van der Waals surface area contributed by atoms with E-state index < -0.39 is 10.7 Å². The minimum absolute atomic E-state index is 0.0179. The second kappa shape index (κ2) is 6.27. The third kappa shape index (κ3) is 2.09. The van der Waals surface area contributed by atoms with E-state index in [-0.39, 0.29) is 33.8 Å². The van der Waals surface area contributed by atoms with Gasteiger partial charge < -0.3 is 0 Å². The molecule has 0 bridgehead atoms. The molecule has 30 heavy (non-hydrogen) atoms. The molecule has 0 saturated carbocycles. The van der Waals surface area contributed by atoms with Gasteiger partial charge >= 0.3 is 12.4 Å². The number of allylic oxidation sites excluding steroid dienone is 3. The highest BCUT2D eigenvalue weighted by Gasteiger charge is 2.57. The number of hydrazine groups is 1. The number of amidine groups is 1. The van der Waals surface area contributed by atoms with Crippen LogP contribution in [0.5, 0.6) is 0 Å². The van der Waals surface area contributed by atoms with E-state index in [1.54, 1.807) is 12.4 Å². The zero-order chi connectivity index (χ0) is 21.5. The van der Waals surface area contributed by atoms with Crippen molar-refractivity contribution < 1.29 is 4.70 Å². The van der Waals surface area contributed by atoms with E-state index in [1.807, 2.05) is 24.3 Å². The molecule has 3 heterocycles. The van der Waals surface area contributed by atoms with Gasteiger partial charge in [-0.25, -0.2) is 5.01 Å². The molecule has 1 atom stereocenters. The van der Waals surface area contributed by atoms with Gasteiger partial charge in [-0.05, 0) is 29.4 Å². The van der Waals surface area contributed by atoms with E-state index in [0.717, 1.165) is 5.12 Å². The van der Waals surface area contributed by atoms with Gasteiger partial charge in [0, 0.05) is 16.4 Å². The number of rotatable bonds is 0. The quantitative estimate of drug-likeness (QED) is 0.472. The van der Waals surface area contributed by atoms with Crippen LogP contribution in [0.3, 0.4) is 0 Å². The van der Waals surface area contributed by atoms with Gasteiger partial charge in [0.2, 0.25) is 5.84 Å². The number of fused-ring (bicyclic) bond motifs is 6. The SMILES string of the molecule is N#CC1=CC=C(C#N)N2C1c1c(C#N)cc(C#N)cc1C1=NN=N[N+](C#N)(C#N)N12. The highest BCUT2D eigenvalue weighted by atomic mass is 16.1. The molecule has 0 fully saturated rings. The van der Waals surface area contributed by atoms with Gasteiger partial charge in [-0.3, -0.25) is 0 Å². The van der Waals surface area contributed by atoms with E-state index in [4.69, 9.17) is 0 Å². The zero-order valence-corrected chi connectivity index (χ0v) is 14.8. The molecule has 12 nitrogen and oxygen atoms in total. The molecular formula is C18H5N12+. The highest BCUT2D eigenvalue weighted by Crippen LogP contribution is 2.46. The Kier molecular flexibility index (Phi) is 3.73. The lowest BCUT2D eigenvalue weighted by Gasteiger charge is -2.46. The van der Waals surface area contributed by atoms with Gasteiger partial charge in [0.25, 0.3) is 0 Å². The minimum atomic E-state index is -1.40. The van der Waals surface area contributed by atoms with Gasteiger partial charge in [-0.2, -0.15) is 21.0 Å². The first-order chi connectivity index (χ1) is 14.6. The zero-order valence-electron chi connectivity index (χ0n) is 14.8. The van der Waals surface area contributed by atoms with E-state index in [9.17, 15) is 31.6 Å². The third-order valence-corrected chi connectivity index (χ3v) is 4.65. The van der Waals surface area contributed by atoms with Crippen molar-refractivity contribution in [2.24, 2.45) is 15.5 Å². The number of hydrogen-bond acceptors (Lipinski definition) is 11. The molecule has 0 aliphatic carbocycles. The maximum Gasteiger partial charge on any atom is 0.387 e. The first-order valence-electron chi connectivity index (χ1n) is 8.11. The standard InChI is InChI=1S/C18H5N12/c19-5-11-3-13(7-21)16-15(4-11)18-25-26-27-30(9-23,10-24)29(18)28-14(8-22)2-1-12(6-20)17(16)28/h1-4,17H/q+1. The van der Waals surface area contributed by atoms with Gasteiger partial charge in [0.1, 0.15) is 27.7 Å². The maximum atomic E-state index is 9.74. The van der Waals surface area contributed by atoms with E-state index in [1.165, 1.54) is 29.3 Å². The largest absolute Gasteiger partial charge is 0.387 e. The summed E-state index contributed by atoms with van der Waals surface area (Å²) in [5, 5.41) is 71.2. The average molecular weight is 389 g/mol. The Labute approximate surface area is 168 Å². The lowest BCUT2D eigenvalue weighted by Crippen LogP contribution is -2.65. The van der Waals surface area contributed by atoms with Crippen molar-refractivity contribution in [1.29, 1.82) is 31.6 Å². The molecule has 12 heteroatoms. The van der Waals surface area contributed by atoms with Gasteiger partial charge in [0.15, 0.2) is 0 Å². The maximum absolute atomic E-state index is 9.74. The molecule has 3 aliphatic heterocycles. The predicted molar refractivity (Wildman–Crippen MR) is 92.6 cm³/mol. The average Bonchev–Trinajstić information content (AvgIpc) is 2.81. The van der Waals surface area contributed by atoms with Crippen LogP contribution in [-0.2, 0) is 0 Å². The number of benzene rings is 1. The van der Waals surface area contributed by atoms with Crippen molar-refractivity contribution in [3.63, 3.8) is 0 Å². The first-order valence-corrected chi connectivity index (χ1v) is 8.11. The Balaban J connectivity index is 2.18. The van der Waals surface area contributed by atoms with Gasteiger partial charge in [-0.15, -0.1) is 10.5 Å². The van der Waals surface area contributed by atoms with Crippen molar-refractivity contribution in [3.8, 4) is 36.7 Å². The number of nitriles is 6. The number of nitrogens with zero attached hydrogens (tertiary/aromatic N) is 12. The lowest BCUT2D eigenvalue weighted by atomic mass is 9.85. The van der Waals surface area contributed by atoms with Crippen LogP contribution in [0.15, 0.2) is 51.1 Å². The van der Waals surface area contributed by atoms with Crippen LogP contribution in [0.25, 0.3) is 0 Å². The Morgan fingerprint density at radius 2 is 1.67 bits per heavy atom. The minimum Gasteiger partial charge on any atom is -0.212 e. The molecular weight excluding hydrogens is 384 g/mol. The van der Waals surface area contributed by atoms with Crippen LogP contribution in [0, 0.1) is 68.2 Å². The fourth-order valence-corrected chi connectivity index (χ4v) is 3.46. The summed E-state index contributed by atoms with van der Waals surface area (Å²) in [6, 6.07) is 9.68. The van der Waals surface area contributed by atoms with Crippen molar-refractivity contribution in [2.75, 3.05) is 0 Å². The molecule has 1 aromatic carbocycles. The van der Waals surface area contributed by atoms with Gasteiger partial charge in [-0.1, -0.05) is 5.10 Å². The molecule has 0 saturated heterocycles. The second-order valence-corrected chi connectivity index (χ2v) is 6.05. The summed E-state index contributed by atoms with van der Waals surface area (Å²) in [4.78, 5) is 0. The fraction of sp³-hybridized carbons (Fsp3) is 0.0556. The molecule has 4 rings (SSSR count). The van der Waals surface area contributed by atoms with Crippen LogP contribution >= 0.6 is 0 Å². The Hall–Kier alpha value is -5.53. The number of quaternary nitrogens is 1. The molecule has 0 amide bonds. The van der Waals surface area contributed by atoms with E-state index in [0.29, 0.717) is 5.56 Å². The monoisotopic (exact) mass is 389 g/mol. The summed E-state index contributed by atoms with van der Waals surface area (Å²) >= 11 is 0. The van der Waals surface area contributed by atoms with Crippen LogP contribution < -0.4 is 0 Å². The van der Waals surface area contributed by atoms with Crippen molar-refractivity contribution >= 4 is 5.84 Å². The van der Waals surface area contributed by atoms with Crippen LogP contribution in [-0.4, -0.2) is 20.7 Å². The van der Waals surface area contributed by atoms with E-state index >= 15 is 0 Å². The summed E-state index contributed by atoms with van der Waals surface area (Å²) in [5.74, 6) is -0.0757. The fourth-order valence-electron chi connectivity index (χ4n) is 3.46. The molecule has 136 valence electrons. The van der Waals surface area contributed by atoms with Crippen molar-refractivity contribution in [1.82, 2.24) is 10.1 Å². The third-order valence-electron chi connectivity index (χ3n) is 4.65. The molecule has 3 aliphatic rings. The molecule has 0 spiro atoms. The van der Waals surface area contributed by atoms with E-state index in [2.05, 4.69) is 15.5 Å². The summed E-state index contributed by atoms with van der Waals surface area (Å²) in [7, 11) is 0. The lowest BCUT2D eigenvalue weighted by molar-refractivity contribution is -0.943. The summed E-state index contributed by atoms with van der Waals surface area (Å²) in [6.45, 7) is 0. The Bertz CT molecular complexity index is 1370. The second-order valence-electron chi connectivity index (χ2n) is 6.05. The smallest absolute Gasteiger partial charge is 0.212 e. The summed E-state index contributed by atoms with van der Waals surface area (Å²) in [6.07, 6.45) is 6.20. The summed E-state index contributed by atoms with van der Waals surface area (Å²) in [5.41, 5.74) is 0.856. The van der Waals surface area contributed by atoms with Crippen LogP contribution in [0.1, 0.15) is 28.3 Å². The molecule has 1 aromatic rings. The molecule has 1 unspecified atom stereocenters. The number of hydrogen-bond donors (Lipinski definition) is 0. The van der Waals surface area contributed by atoms with Crippen LogP contribution in [0.2, 0.25) is 0 Å².